The van der Waals surface area contributed by atoms with Crippen LogP contribution in [-0.2, 0) is 9.59 Å². The molecule has 0 aromatic heterocycles. The SMILES string of the molecule is CCC1Oc2ccc(C)cc2N(CC(=O)NCCCN2CCN(c3ccccc3F)CC2)C1=O. The molecule has 0 bridgehead atoms. The number of carbonyl (C=O) groups excluding carboxylic acids is 2. The summed E-state index contributed by atoms with van der Waals surface area (Å²) in [5, 5.41) is 2.95. The molecule has 8 heteroatoms. The van der Waals surface area contributed by atoms with Crippen LogP contribution in [0, 0.1) is 12.7 Å². The Labute approximate surface area is 200 Å². The summed E-state index contributed by atoms with van der Waals surface area (Å²) in [5.41, 5.74) is 2.32. The van der Waals surface area contributed by atoms with Gasteiger partial charge in [0, 0.05) is 32.7 Å². The number of carbonyl (C=O) groups is 2. The minimum Gasteiger partial charge on any atom is -0.478 e. The summed E-state index contributed by atoms with van der Waals surface area (Å²) in [6.45, 7) is 8.52. The Bertz CT molecular complexity index is 1020. The first-order chi connectivity index (χ1) is 16.5. The number of nitrogens with zero attached hydrogens (tertiary/aromatic N) is 3. The fourth-order valence-electron chi connectivity index (χ4n) is 4.51. The van der Waals surface area contributed by atoms with Crippen molar-refractivity contribution in [2.24, 2.45) is 0 Å². The monoisotopic (exact) mass is 468 g/mol. The molecule has 1 atom stereocenters. The first kappa shape index (κ1) is 24.0. The van der Waals surface area contributed by atoms with Gasteiger partial charge in [-0.3, -0.25) is 19.4 Å². The number of hydrogen-bond donors (Lipinski definition) is 1. The summed E-state index contributed by atoms with van der Waals surface area (Å²) in [5.74, 6) is 0.102. The number of anilines is 2. The van der Waals surface area contributed by atoms with Crippen LogP contribution >= 0.6 is 0 Å². The van der Waals surface area contributed by atoms with E-state index >= 15 is 0 Å². The van der Waals surface area contributed by atoms with Crippen molar-refractivity contribution in [1.82, 2.24) is 10.2 Å². The molecule has 2 heterocycles. The van der Waals surface area contributed by atoms with Gasteiger partial charge in [0.2, 0.25) is 5.91 Å². The van der Waals surface area contributed by atoms with Crippen LogP contribution in [0.25, 0.3) is 0 Å². The van der Waals surface area contributed by atoms with Gasteiger partial charge in [0.1, 0.15) is 18.1 Å². The van der Waals surface area contributed by atoms with Crippen molar-refractivity contribution < 1.29 is 18.7 Å². The van der Waals surface area contributed by atoms with Crippen LogP contribution in [0.4, 0.5) is 15.8 Å². The second-order valence-corrected chi connectivity index (χ2v) is 8.89. The quantitative estimate of drug-likeness (QED) is 0.604. The second kappa shape index (κ2) is 10.9. The molecule has 1 fully saturated rings. The molecule has 1 N–H and O–H groups in total. The standard InChI is InChI=1S/C26H33FN4O3/c1-3-23-26(33)31(22-17-19(2)9-10-24(22)34-23)18-25(32)28-11-6-12-29-13-15-30(16-14-29)21-8-5-4-7-20(21)27/h4-5,7-10,17,23H,3,6,11-16,18H2,1-2H3,(H,28,32). The Kier molecular flexibility index (Phi) is 7.67. The predicted octanol–water partition coefficient (Wildman–Crippen LogP) is 2.97. The van der Waals surface area contributed by atoms with E-state index in [0.29, 0.717) is 30.1 Å². The molecule has 0 spiro atoms. The summed E-state index contributed by atoms with van der Waals surface area (Å²) in [6.07, 6.45) is 0.801. The fourth-order valence-corrected chi connectivity index (χ4v) is 4.51. The Hall–Kier alpha value is -3.13. The van der Waals surface area contributed by atoms with Gasteiger partial charge in [-0.05, 0) is 56.1 Å². The summed E-state index contributed by atoms with van der Waals surface area (Å²) in [7, 11) is 0. The first-order valence-corrected chi connectivity index (χ1v) is 12.0. The zero-order valence-electron chi connectivity index (χ0n) is 19.9. The predicted molar refractivity (Wildman–Crippen MR) is 131 cm³/mol. The lowest BCUT2D eigenvalue weighted by molar-refractivity contribution is -0.129. The van der Waals surface area contributed by atoms with E-state index in [9.17, 15) is 14.0 Å². The number of fused-ring (bicyclic) bond motifs is 1. The van der Waals surface area contributed by atoms with Crippen LogP contribution in [-0.4, -0.2) is 68.6 Å². The van der Waals surface area contributed by atoms with Gasteiger partial charge in [-0.15, -0.1) is 0 Å². The third-order valence-electron chi connectivity index (χ3n) is 6.43. The molecule has 34 heavy (non-hydrogen) atoms. The van der Waals surface area contributed by atoms with Gasteiger partial charge in [-0.1, -0.05) is 25.1 Å². The normalized spacial score (nSPS) is 18.4. The highest BCUT2D eigenvalue weighted by Gasteiger charge is 2.34. The molecule has 7 nitrogen and oxygen atoms in total. The number of aryl methyl sites for hydroxylation is 1. The zero-order chi connectivity index (χ0) is 24.1. The third kappa shape index (κ3) is 5.50. The van der Waals surface area contributed by atoms with Crippen LogP contribution in [0.5, 0.6) is 5.75 Å². The van der Waals surface area contributed by atoms with Gasteiger partial charge in [0.05, 0.1) is 11.4 Å². The summed E-state index contributed by atoms with van der Waals surface area (Å²) in [6, 6.07) is 12.6. The van der Waals surface area contributed by atoms with E-state index < -0.39 is 6.10 Å². The Morgan fingerprint density at radius 2 is 1.88 bits per heavy atom. The number of hydrogen-bond acceptors (Lipinski definition) is 5. The van der Waals surface area contributed by atoms with E-state index in [-0.39, 0.29) is 24.2 Å². The maximum atomic E-state index is 14.0. The van der Waals surface area contributed by atoms with Gasteiger partial charge in [0.25, 0.3) is 5.91 Å². The van der Waals surface area contributed by atoms with Crippen LogP contribution in [0.1, 0.15) is 25.3 Å². The van der Waals surface area contributed by atoms with Gasteiger partial charge < -0.3 is 15.0 Å². The van der Waals surface area contributed by atoms with Crippen molar-refractivity contribution in [3.63, 3.8) is 0 Å². The van der Waals surface area contributed by atoms with Crippen molar-refractivity contribution in [3.8, 4) is 5.75 Å². The van der Waals surface area contributed by atoms with Gasteiger partial charge in [-0.25, -0.2) is 4.39 Å². The Morgan fingerprint density at radius 1 is 1.12 bits per heavy atom. The Morgan fingerprint density at radius 3 is 2.62 bits per heavy atom. The average molecular weight is 469 g/mol. The molecule has 1 unspecified atom stereocenters. The number of nitrogens with one attached hydrogen (secondary N) is 1. The van der Waals surface area contributed by atoms with E-state index in [1.165, 1.54) is 11.0 Å². The summed E-state index contributed by atoms with van der Waals surface area (Å²) >= 11 is 0. The van der Waals surface area contributed by atoms with E-state index in [2.05, 4.69) is 15.1 Å². The Balaban J connectivity index is 1.22. The topological polar surface area (TPSA) is 65.1 Å². The lowest BCUT2D eigenvalue weighted by Gasteiger charge is -2.36. The minimum atomic E-state index is -0.564. The number of rotatable bonds is 8. The minimum absolute atomic E-state index is 0.0174. The molecule has 4 rings (SSSR count). The molecular weight excluding hydrogens is 435 g/mol. The first-order valence-electron chi connectivity index (χ1n) is 12.0. The third-order valence-corrected chi connectivity index (χ3v) is 6.43. The fraction of sp³-hybridized carbons (Fsp3) is 0.462. The van der Waals surface area contributed by atoms with Crippen LogP contribution in [0.15, 0.2) is 42.5 Å². The molecular formula is C26H33FN4O3. The molecule has 2 aliphatic rings. The lowest BCUT2D eigenvalue weighted by Crippen LogP contribution is -2.50. The van der Waals surface area contributed by atoms with Gasteiger partial charge >= 0.3 is 0 Å². The number of piperazine rings is 1. The van der Waals surface area contributed by atoms with Crippen molar-refractivity contribution in [1.29, 1.82) is 0 Å². The maximum absolute atomic E-state index is 14.0. The zero-order valence-corrected chi connectivity index (χ0v) is 19.9. The highest BCUT2D eigenvalue weighted by molar-refractivity contribution is 6.03. The maximum Gasteiger partial charge on any atom is 0.268 e. The molecule has 2 aromatic carbocycles. The van der Waals surface area contributed by atoms with Crippen molar-refractivity contribution >= 4 is 23.2 Å². The average Bonchev–Trinajstić information content (AvgIpc) is 2.84. The number of halogens is 1. The lowest BCUT2D eigenvalue weighted by atomic mass is 10.1. The summed E-state index contributed by atoms with van der Waals surface area (Å²) in [4.78, 5) is 31.4. The van der Waals surface area contributed by atoms with E-state index in [1.54, 1.807) is 6.07 Å². The molecule has 2 amide bonds. The van der Waals surface area contributed by atoms with Gasteiger partial charge in [0.15, 0.2) is 6.10 Å². The highest BCUT2D eigenvalue weighted by Crippen LogP contribution is 2.35. The van der Waals surface area contributed by atoms with E-state index in [4.69, 9.17) is 4.74 Å². The number of amides is 2. The largest absolute Gasteiger partial charge is 0.478 e. The molecule has 2 aromatic rings. The highest BCUT2D eigenvalue weighted by atomic mass is 19.1. The smallest absolute Gasteiger partial charge is 0.268 e. The van der Waals surface area contributed by atoms with E-state index in [0.717, 1.165) is 44.7 Å². The van der Waals surface area contributed by atoms with Crippen molar-refractivity contribution in [3.05, 3.63) is 53.8 Å². The van der Waals surface area contributed by atoms with Crippen LogP contribution in [0.2, 0.25) is 0 Å². The number of ether oxygens (including phenoxy) is 1. The second-order valence-electron chi connectivity index (χ2n) is 8.89. The molecule has 0 radical (unpaired) electrons. The molecule has 0 saturated carbocycles. The van der Waals surface area contributed by atoms with Crippen molar-refractivity contribution in [2.45, 2.75) is 32.8 Å². The van der Waals surface area contributed by atoms with Crippen LogP contribution in [0.3, 0.4) is 0 Å². The molecule has 1 saturated heterocycles. The number of para-hydroxylation sites is 1. The summed E-state index contributed by atoms with van der Waals surface area (Å²) < 4.78 is 19.8. The van der Waals surface area contributed by atoms with E-state index in [1.807, 2.05) is 44.2 Å². The van der Waals surface area contributed by atoms with Gasteiger partial charge in [-0.2, -0.15) is 0 Å². The van der Waals surface area contributed by atoms with Crippen molar-refractivity contribution in [2.75, 3.05) is 55.6 Å². The molecule has 0 aliphatic carbocycles. The number of benzene rings is 2. The molecule has 2 aliphatic heterocycles. The molecule has 182 valence electrons. The van der Waals surface area contributed by atoms with Crippen LogP contribution < -0.4 is 19.9 Å².